The molecule has 2 aromatic carbocycles. The highest BCUT2D eigenvalue weighted by molar-refractivity contribution is 14.1. The van der Waals surface area contributed by atoms with Crippen molar-refractivity contribution in [3.63, 3.8) is 0 Å². The number of nitrogens with one attached hydrogen (secondary N) is 1. The van der Waals surface area contributed by atoms with Crippen LogP contribution >= 0.6 is 61.7 Å². The number of hydrogen-bond acceptors (Lipinski definition) is 2. The van der Waals surface area contributed by atoms with Gasteiger partial charge in [-0.15, -0.1) is 0 Å². The van der Waals surface area contributed by atoms with E-state index in [9.17, 15) is 0 Å². The molecule has 0 radical (unpaired) electrons. The van der Waals surface area contributed by atoms with Gasteiger partial charge in [0.1, 0.15) is 0 Å². The molecule has 0 fully saturated rings. The predicted molar refractivity (Wildman–Crippen MR) is 92.5 cm³/mol. The fraction of sp³-hybridized carbons (Fsp3) is 0.0769. The second-order valence-corrected chi connectivity index (χ2v) is 6.77. The monoisotopic (exact) mass is 470 g/mol. The van der Waals surface area contributed by atoms with Crippen LogP contribution in [-0.2, 0) is 0 Å². The maximum absolute atomic E-state index is 6.27. The summed E-state index contributed by atoms with van der Waals surface area (Å²) in [7, 11) is 0. The summed E-state index contributed by atoms with van der Waals surface area (Å²) < 4.78 is 2.08. The van der Waals surface area contributed by atoms with Gasteiger partial charge in [0.25, 0.3) is 0 Å². The normalized spacial score (nSPS) is 12.5. The average Bonchev–Trinajstić information content (AvgIpc) is 2.39. The molecule has 0 bridgehead atoms. The van der Waals surface area contributed by atoms with Gasteiger partial charge in [-0.05, 0) is 58.0 Å². The van der Waals surface area contributed by atoms with Crippen molar-refractivity contribution >= 4 is 61.7 Å². The smallest absolute Gasteiger partial charge is 0.0735 e. The summed E-state index contributed by atoms with van der Waals surface area (Å²) in [5.74, 6) is 5.70. The van der Waals surface area contributed by atoms with Gasteiger partial charge >= 0.3 is 0 Å². The molecule has 6 heteroatoms. The first-order valence-electron chi connectivity index (χ1n) is 5.39. The first-order valence-corrected chi connectivity index (χ1v) is 8.02. The SMILES string of the molecule is NNC(c1cc(Br)ccc1I)c1cccc(Cl)c1Cl. The maximum Gasteiger partial charge on any atom is 0.0735 e. The Morgan fingerprint density at radius 2 is 1.89 bits per heavy atom. The van der Waals surface area contributed by atoms with Crippen molar-refractivity contribution in [2.24, 2.45) is 5.84 Å². The summed E-state index contributed by atoms with van der Waals surface area (Å²) >= 11 is 18.1. The number of nitrogens with two attached hydrogens (primary N) is 1. The summed E-state index contributed by atoms with van der Waals surface area (Å²) in [5, 5.41) is 1.03. The second kappa shape index (κ2) is 6.74. The highest BCUT2D eigenvalue weighted by atomic mass is 127. The van der Waals surface area contributed by atoms with Gasteiger partial charge < -0.3 is 0 Å². The van der Waals surface area contributed by atoms with Crippen LogP contribution in [0.3, 0.4) is 0 Å². The van der Waals surface area contributed by atoms with Gasteiger partial charge in [-0.25, -0.2) is 5.43 Å². The fourth-order valence-electron chi connectivity index (χ4n) is 1.83. The van der Waals surface area contributed by atoms with Crippen LogP contribution in [0.1, 0.15) is 17.2 Å². The zero-order valence-corrected chi connectivity index (χ0v) is 14.9. The van der Waals surface area contributed by atoms with Crippen LogP contribution in [0.4, 0.5) is 0 Å². The van der Waals surface area contributed by atoms with Gasteiger partial charge in [-0.1, -0.05) is 51.3 Å². The third-order valence-electron chi connectivity index (χ3n) is 2.73. The number of halogens is 4. The summed E-state index contributed by atoms with van der Waals surface area (Å²) in [4.78, 5) is 0. The van der Waals surface area contributed by atoms with E-state index in [1.54, 1.807) is 6.07 Å². The van der Waals surface area contributed by atoms with Crippen molar-refractivity contribution in [1.82, 2.24) is 5.43 Å². The van der Waals surface area contributed by atoms with Crippen molar-refractivity contribution in [2.45, 2.75) is 6.04 Å². The van der Waals surface area contributed by atoms with Crippen molar-refractivity contribution in [1.29, 1.82) is 0 Å². The van der Waals surface area contributed by atoms with Crippen LogP contribution < -0.4 is 11.3 Å². The highest BCUT2D eigenvalue weighted by Gasteiger charge is 2.19. The highest BCUT2D eigenvalue weighted by Crippen LogP contribution is 2.35. The standard InChI is InChI=1S/C13H10BrCl2IN2/c14-7-4-5-11(17)9(6-7)13(19-18)8-2-1-3-10(15)12(8)16/h1-6,13,19H,18H2. The quantitative estimate of drug-likeness (QED) is 0.379. The van der Waals surface area contributed by atoms with Crippen LogP contribution in [0.25, 0.3) is 0 Å². The van der Waals surface area contributed by atoms with Crippen molar-refractivity contribution in [2.75, 3.05) is 0 Å². The van der Waals surface area contributed by atoms with Crippen LogP contribution in [0.5, 0.6) is 0 Å². The molecule has 0 aliphatic heterocycles. The Morgan fingerprint density at radius 3 is 2.58 bits per heavy atom. The van der Waals surface area contributed by atoms with Crippen LogP contribution in [0.15, 0.2) is 40.9 Å². The van der Waals surface area contributed by atoms with Gasteiger partial charge in [0.05, 0.1) is 16.1 Å². The Labute approximate surface area is 143 Å². The van der Waals surface area contributed by atoms with E-state index in [1.165, 1.54) is 0 Å². The minimum absolute atomic E-state index is 0.212. The maximum atomic E-state index is 6.27. The molecule has 100 valence electrons. The van der Waals surface area contributed by atoms with E-state index in [0.29, 0.717) is 10.0 Å². The summed E-state index contributed by atoms with van der Waals surface area (Å²) in [6.07, 6.45) is 0. The minimum Gasteiger partial charge on any atom is -0.271 e. The topological polar surface area (TPSA) is 38.0 Å². The molecule has 1 atom stereocenters. The molecule has 19 heavy (non-hydrogen) atoms. The molecule has 0 aromatic heterocycles. The lowest BCUT2D eigenvalue weighted by atomic mass is 9.99. The van der Waals surface area contributed by atoms with Crippen LogP contribution in [0.2, 0.25) is 10.0 Å². The molecule has 0 amide bonds. The van der Waals surface area contributed by atoms with Crippen LogP contribution in [0, 0.1) is 3.57 Å². The lowest BCUT2D eigenvalue weighted by molar-refractivity contribution is 0.634. The van der Waals surface area contributed by atoms with Crippen LogP contribution in [-0.4, -0.2) is 0 Å². The zero-order valence-electron chi connectivity index (χ0n) is 9.63. The van der Waals surface area contributed by atoms with E-state index < -0.39 is 0 Å². The lowest BCUT2D eigenvalue weighted by Gasteiger charge is -2.20. The zero-order chi connectivity index (χ0) is 14.0. The number of hydrogen-bond donors (Lipinski definition) is 2. The van der Waals surface area contributed by atoms with E-state index in [1.807, 2.05) is 30.3 Å². The molecule has 3 N–H and O–H groups in total. The van der Waals surface area contributed by atoms with Gasteiger partial charge in [0.15, 0.2) is 0 Å². The third kappa shape index (κ3) is 3.43. The molecule has 2 nitrogen and oxygen atoms in total. The predicted octanol–water partition coefficient (Wildman–Crippen LogP) is 4.91. The summed E-state index contributed by atoms with van der Waals surface area (Å²) in [6.45, 7) is 0. The minimum atomic E-state index is -0.212. The largest absolute Gasteiger partial charge is 0.271 e. The van der Waals surface area contributed by atoms with E-state index in [0.717, 1.165) is 19.2 Å². The number of rotatable bonds is 3. The van der Waals surface area contributed by atoms with Gasteiger partial charge in [-0.3, -0.25) is 5.84 Å². The fourth-order valence-corrected chi connectivity index (χ4v) is 3.27. The average molecular weight is 472 g/mol. The molecule has 2 rings (SSSR count). The van der Waals surface area contributed by atoms with Gasteiger partial charge in [0, 0.05) is 8.04 Å². The first kappa shape index (κ1) is 15.5. The van der Waals surface area contributed by atoms with E-state index in [-0.39, 0.29) is 6.04 Å². The van der Waals surface area contributed by atoms with Crippen molar-refractivity contribution in [3.8, 4) is 0 Å². The van der Waals surface area contributed by atoms with Gasteiger partial charge in [0.2, 0.25) is 0 Å². The molecule has 0 saturated heterocycles. The Morgan fingerprint density at radius 1 is 1.16 bits per heavy atom. The molecule has 0 aliphatic carbocycles. The molecule has 1 unspecified atom stereocenters. The number of benzene rings is 2. The second-order valence-electron chi connectivity index (χ2n) is 3.91. The summed E-state index contributed by atoms with van der Waals surface area (Å²) in [5.41, 5.74) is 4.70. The van der Waals surface area contributed by atoms with E-state index in [4.69, 9.17) is 29.0 Å². The Balaban J connectivity index is 2.56. The molecular weight excluding hydrogens is 462 g/mol. The Bertz CT molecular complexity index is 605. The van der Waals surface area contributed by atoms with Crippen molar-refractivity contribution < 1.29 is 0 Å². The first-order chi connectivity index (χ1) is 9.04. The third-order valence-corrected chi connectivity index (χ3v) is 5.04. The Kier molecular flexibility index (Phi) is 5.51. The lowest BCUT2D eigenvalue weighted by Crippen LogP contribution is -2.29. The van der Waals surface area contributed by atoms with Gasteiger partial charge in [-0.2, -0.15) is 0 Å². The number of hydrazine groups is 1. The summed E-state index contributed by atoms with van der Waals surface area (Å²) in [6, 6.07) is 11.3. The van der Waals surface area contributed by atoms with E-state index in [2.05, 4.69) is 43.9 Å². The molecule has 0 saturated carbocycles. The Hall–Kier alpha value is 0.150. The molecule has 0 spiro atoms. The molecule has 2 aromatic rings. The molecule has 0 aliphatic rings. The molecule has 0 heterocycles. The van der Waals surface area contributed by atoms with Crippen molar-refractivity contribution in [3.05, 3.63) is 65.6 Å². The molecular formula is C13H10BrCl2IN2. The van der Waals surface area contributed by atoms with E-state index >= 15 is 0 Å².